The van der Waals surface area contributed by atoms with Gasteiger partial charge in [-0.05, 0) is 37.1 Å². The molecule has 1 amide bonds. The highest BCUT2D eigenvalue weighted by Gasteiger charge is 2.26. The lowest BCUT2D eigenvalue weighted by Crippen LogP contribution is -2.42. The molecular weight excluding hydrogens is 364 g/mol. The smallest absolute Gasteiger partial charge is 0.241 e. The first-order valence-electron chi connectivity index (χ1n) is 9.07. The summed E-state index contributed by atoms with van der Waals surface area (Å²) >= 11 is 0. The van der Waals surface area contributed by atoms with Crippen LogP contribution in [0.2, 0.25) is 0 Å². The second kappa shape index (κ2) is 7.75. The molecule has 8 heteroatoms. The third-order valence-corrected chi connectivity index (χ3v) is 4.94. The van der Waals surface area contributed by atoms with Gasteiger partial charge in [0.15, 0.2) is 11.6 Å². The molecule has 1 aliphatic heterocycles. The zero-order valence-electron chi connectivity index (χ0n) is 15.0. The molecule has 0 bridgehead atoms. The molecule has 2 N–H and O–H groups in total. The molecule has 3 aromatic rings. The summed E-state index contributed by atoms with van der Waals surface area (Å²) in [4.78, 5) is 23.3. The van der Waals surface area contributed by atoms with Gasteiger partial charge >= 0.3 is 0 Å². The Bertz CT molecular complexity index is 1000. The van der Waals surface area contributed by atoms with E-state index in [1.165, 1.54) is 6.07 Å². The van der Waals surface area contributed by atoms with E-state index < -0.39 is 11.6 Å². The molecule has 144 valence electrons. The third kappa shape index (κ3) is 3.71. The van der Waals surface area contributed by atoms with Crippen molar-refractivity contribution in [3.05, 3.63) is 60.4 Å². The molecule has 0 spiro atoms. The molecule has 6 nitrogen and oxygen atoms in total. The van der Waals surface area contributed by atoms with Gasteiger partial charge in [-0.25, -0.2) is 18.7 Å². The van der Waals surface area contributed by atoms with Crippen LogP contribution in [0.3, 0.4) is 0 Å². The van der Waals surface area contributed by atoms with E-state index in [4.69, 9.17) is 0 Å². The van der Waals surface area contributed by atoms with Gasteiger partial charge in [0, 0.05) is 30.5 Å². The summed E-state index contributed by atoms with van der Waals surface area (Å²) in [7, 11) is 0. The number of nitrogens with zero attached hydrogens (tertiary/aromatic N) is 3. The van der Waals surface area contributed by atoms with E-state index in [0.29, 0.717) is 25.9 Å². The van der Waals surface area contributed by atoms with Gasteiger partial charge in [0.1, 0.15) is 12.1 Å². The van der Waals surface area contributed by atoms with Crippen molar-refractivity contribution < 1.29 is 13.6 Å². The van der Waals surface area contributed by atoms with Crippen molar-refractivity contribution in [1.29, 1.82) is 0 Å². The van der Waals surface area contributed by atoms with Crippen molar-refractivity contribution in [2.75, 3.05) is 23.4 Å². The van der Waals surface area contributed by atoms with Gasteiger partial charge in [-0.3, -0.25) is 15.6 Å². The Morgan fingerprint density at radius 2 is 1.82 bits per heavy atom. The number of fused-ring (bicyclic) bond motifs is 1. The van der Waals surface area contributed by atoms with Crippen molar-refractivity contribution >= 4 is 28.3 Å². The van der Waals surface area contributed by atoms with Crippen molar-refractivity contribution in [3.63, 3.8) is 0 Å². The van der Waals surface area contributed by atoms with E-state index in [9.17, 15) is 13.6 Å². The highest BCUT2D eigenvalue weighted by molar-refractivity contribution is 5.89. The zero-order chi connectivity index (χ0) is 19.5. The van der Waals surface area contributed by atoms with Crippen LogP contribution in [0.5, 0.6) is 0 Å². The number of carbonyl (C=O) groups excluding carboxylic acids is 1. The summed E-state index contributed by atoms with van der Waals surface area (Å²) < 4.78 is 26.2. The first-order chi connectivity index (χ1) is 13.6. The molecule has 0 aliphatic carbocycles. The fourth-order valence-corrected chi connectivity index (χ4v) is 3.41. The molecule has 1 fully saturated rings. The highest BCUT2D eigenvalue weighted by Crippen LogP contribution is 2.27. The number of aromatic nitrogens is 2. The molecular formula is C20H19F2N5O. The minimum atomic E-state index is -0.968. The molecule has 1 aromatic heterocycles. The normalized spacial score (nSPS) is 14.9. The summed E-state index contributed by atoms with van der Waals surface area (Å²) in [5, 5.41) is 0.993. The molecule has 0 radical (unpaired) electrons. The average Bonchev–Trinajstić information content (AvgIpc) is 2.74. The van der Waals surface area contributed by atoms with Crippen molar-refractivity contribution in [2.45, 2.75) is 12.8 Å². The molecule has 28 heavy (non-hydrogen) atoms. The Labute approximate surface area is 160 Å². The van der Waals surface area contributed by atoms with Gasteiger partial charge in [-0.1, -0.05) is 12.1 Å². The molecule has 2 heterocycles. The van der Waals surface area contributed by atoms with E-state index in [1.807, 2.05) is 24.3 Å². The third-order valence-electron chi connectivity index (χ3n) is 4.94. The monoisotopic (exact) mass is 383 g/mol. The van der Waals surface area contributed by atoms with E-state index in [-0.39, 0.29) is 17.5 Å². The number of piperidine rings is 1. The number of para-hydroxylation sites is 1. The number of carbonyl (C=O) groups is 1. The SMILES string of the molecule is O=C(NNc1ccc(F)c(F)c1)C1CCN(c2ncnc3ccccc23)CC1. The molecule has 2 aromatic carbocycles. The summed E-state index contributed by atoms with van der Waals surface area (Å²) in [6.45, 7) is 1.40. The van der Waals surface area contributed by atoms with E-state index >= 15 is 0 Å². The van der Waals surface area contributed by atoms with Crippen LogP contribution in [0.4, 0.5) is 20.3 Å². The standard InChI is InChI=1S/C20H19F2N5O/c21-16-6-5-14(11-17(16)22)25-26-20(28)13-7-9-27(10-8-13)19-15-3-1-2-4-18(15)23-12-24-19/h1-6,11-13,25H,7-10H2,(H,26,28). The van der Waals surface area contributed by atoms with Crippen LogP contribution in [0, 0.1) is 17.6 Å². The van der Waals surface area contributed by atoms with Crippen LogP contribution in [0.25, 0.3) is 10.9 Å². The fourth-order valence-electron chi connectivity index (χ4n) is 3.41. The summed E-state index contributed by atoms with van der Waals surface area (Å²) in [6.07, 6.45) is 2.90. The Kier molecular flexibility index (Phi) is 5.01. The predicted octanol–water partition coefficient (Wildman–Crippen LogP) is 3.27. The highest BCUT2D eigenvalue weighted by atomic mass is 19.2. The summed E-state index contributed by atoms with van der Waals surface area (Å²) in [5.41, 5.74) is 6.39. The van der Waals surface area contributed by atoms with Gasteiger partial charge in [0.25, 0.3) is 0 Å². The lowest BCUT2D eigenvalue weighted by Gasteiger charge is -2.32. The van der Waals surface area contributed by atoms with E-state index in [2.05, 4.69) is 25.7 Å². The molecule has 0 atom stereocenters. The minimum absolute atomic E-state index is 0.165. The first-order valence-corrected chi connectivity index (χ1v) is 9.07. The van der Waals surface area contributed by atoms with E-state index in [0.717, 1.165) is 28.9 Å². The first kappa shape index (κ1) is 18.1. The second-order valence-electron chi connectivity index (χ2n) is 6.72. The lowest BCUT2D eigenvalue weighted by molar-refractivity contribution is -0.125. The molecule has 1 saturated heterocycles. The van der Waals surface area contributed by atoms with Crippen LogP contribution in [-0.2, 0) is 4.79 Å². The Morgan fingerprint density at radius 1 is 1.04 bits per heavy atom. The number of benzene rings is 2. The number of hydrogen-bond acceptors (Lipinski definition) is 5. The fraction of sp³-hybridized carbons (Fsp3) is 0.250. The minimum Gasteiger partial charge on any atom is -0.356 e. The zero-order valence-corrected chi connectivity index (χ0v) is 15.0. The Morgan fingerprint density at radius 3 is 2.61 bits per heavy atom. The molecule has 4 rings (SSSR count). The van der Waals surface area contributed by atoms with Crippen molar-refractivity contribution in [2.24, 2.45) is 5.92 Å². The average molecular weight is 383 g/mol. The Hall–Kier alpha value is -3.29. The number of hydrazine groups is 1. The number of rotatable bonds is 4. The number of amides is 1. The van der Waals surface area contributed by atoms with Gasteiger partial charge in [0.2, 0.25) is 5.91 Å². The molecule has 1 aliphatic rings. The summed E-state index contributed by atoms with van der Waals surface area (Å²) in [5.74, 6) is -1.35. The van der Waals surface area contributed by atoms with Gasteiger partial charge in [0.05, 0.1) is 11.2 Å². The molecule has 0 saturated carbocycles. The van der Waals surface area contributed by atoms with Crippen molar-refractivity contribution in [3.8, 4) is 0 Å². The van der Waals surface area contributed by atoms with E-state index in [1.54, 1.807) is 6.33 Å². The second-order valence-corrected chi connectivity index (χ2v) is 6.72. The maximum absolute atomic E-state index is 13.2. The van der Waals surface area contributed by atoms with Gasteiger partial charge in [-0.15, -0.1) is 0 Å². The van der Waals surface area contributed by atoms with Crippen LogP contribution in [0.15, 0.2) is 48.8 Å². The van der Waals surface area contributed by atoms with Crippen LogP contribution in [-0.4, -0.2) is 29.0 Å². The number of hydrogen-bond donors (Lipinski definition) is 2. The maximum Gasteiger partial charge on any atom is 0.241 e. The van der Waals surface area contributed by atoms with Crippen LogP contribution < -0.4 is 15.8 Å². The Balaban J connectivity index is 1.35. The maximum atomic E-state index is 13.2. The largest absolute Gasteiger partial charge is 0.356 e. The summed E-state index contributed by atoms with van der Waals surface area (Å²) in [6, 6.07) is 11.2. The van der Waals surface area contributed by atoms with Crippen LogP contribution in [0.1, 0.15) is 12.8 Å². The van der Waals surface area contributed by atoms with Gasteiger partial charge < -0.3 is 4.90 Å². The predicted molar refractivity (Wildman–Crippen MR) is 103 cm³/mol. The molecule has 0 unspecified atom stereocenters. The van der Waals surface area contributed by atoms with Gasteiger partial charge in [-0.2, -0.15) is 0 Å². The topological polar surface area (TPSA) is 70.2 Å². The van der Waals surface area contributed by atoms with Crippen LogP contribution >= 0.6 is 0 Å². The number of halogens is 2. The lowest BCUT2D eigenvalue weighted by atomic mass is 9.96. The van der Waals surface area contributed by atoms with Crippen molar-refractivity contribution in [1.82, 2.24) is 15.4 Å². The number of nitrogens with one attached hydrogen (secondary N) is 2. The number of anilines is 2. The quantitative estimate of drug-likeness (QED) is 0.677.